The second-order valence-electron chi connectivity index (χ2n) is 2.59. The zero-order valence-corrected chi connectivity index (χ0v) is 7.80. The third-order valence-corrected chi connectivity index (χ3v) is 1.42. The first-order valence-corrected chi connectivity index (χ1v) is 3.97. The van der Waals surface area contributed by atoms with Crippen LogP contribution in [0.4, 0.5) is 0 Å². The Hall–Kier alpha value is -0.740. The molecule has 0 saturated carbocycles. The minimum Gasteiger partial charge on any atom is -0.409 e. The molecule has 0 aliphatic carbocycles. The number of hydrogen-bond donors (Lipinski definition) is 3. The molecule has 0 aromatic rings. The molecule has 12 heavy (non-hydrogen) atoms. The highest BCUT2D eigenvalue weighted by Gasteiger charge is 2.03. The molecule has 1 atom stereocenters. The van der Waals surface area contributed by atoms with Gasteiger partial charge in [0.15, 0.2) is 0 Å². The second-order valence-corrected chi connectivity index (χ2v) is 3.13. The molecule has 5 heteroatoms. The molecule has 1 unspecified atom stereocenters. The van der Waals surface area contributed by atoms with Gasteiger partial charge in [-0.25, -0.2) is 0 Å². The third-order valence-electron chi connectivity index (χ3n) is 1.29. The van der Waals surface area contributed by atoms with Crippen LogP contribution in [0.1, 0.15) is 13.3 Å². The van der Waals surface area contributed by atoms with E-state index in [1.165, 1.54) is 0 Å². The van der Waals surface area contributed by atoms with E-state index >= 15 is 0 Å². The summed E-state index contributed by atoms with van der Waals surface area (Å²) in [6, 6.07) is 0.122. The van der Waals surface area contributed by atoms with E-state index in [2.05, 4.69) is 17.1 Å². The number of oxime groups is 1. The molecular formula is C7H14ClN3O. The lowest BCUT2D eigenvalue weighted by molar-refractivity contribution is 0.316. The van der Waals surface area contributed by atoms with Crippen LogP contribution in [-0.2, 0) is 0 Å². The first-order chi connectivity index (χ1) is 5.56. The largest absolute Gasteiger partial charge is 0.409 e. The van der Waals surface area contributed by atoms with E-state index in [1.54, 1.807) is 0 Å². The van der Waals surface area contributed by atoms with Crippen LogP contribution in [0, 0.1) is 0 Å². The summed E-state index contributed by atoms with van der Waals surface area (Å²) in [6.07, 6.45) is 0.487. The minimum atomic E-state index is 0.122. The average Bonchev–Trinajstić information content (AvgIpc) is 2.00. The molecule has 0 aromatic heterocycles. The number of amidine groups is 1. The standard InChI is InChI=1S/C7H14ClN3O/c1-5(8)4-10-6(2)3-7(9)11-12/h6,10,12H,1,3-4H2,2H3,(H2,9,11). The van der Waals surface area contributed by atoms with Gasteiger partial charge in [-0.1, -0.05) is 23.3 Å². The molecule has 0 rings (SSSR count). The fraction of sp³-hybridized carbons (Fsp3) is 0.571. The van der Waals surface area contributed by atoms with Crippen molar-refractivity contribution in [1.29, 1.82) is 0 Å². The van der Waals surface area contributed by atoms with Gasteiger partial charge in [-0.15, -0.1) is 0 Å². The fourth-order valence-corrected chi connectivity index (χ4v) is 0.789. The smallest absolute Gasteiger partial charge is 0.140 e. The van der Waals surface area contributed by atoms with Crippen LogP contribution in [0.3, 0.4) is 0 Å². The van der Waals surface area contributed by atoms with Crippen molar-refractivity contribution in [2.45, 2.75) is 19.4 Å². The highest BCUT2D eigenvalue weighted by atomic mass is 35.5. The van der Waals surface area contributed by atoms with Gasteiger partial charge in [-0.2, -0.15) is 0 Å². The van der Waals surface area contributed by atoms with E-state index in [0.29, 0.717) is 18.0 Å². The van der Waals surface area contributed by atoms with Crippen LogP contribution in [0.5, 0.6) is 0 Å². The summed E-state index contributed by atoms with van der Waals surface area (Å²) in [7, 11) is 0. The van der Waals surface area contributed by atoms with Gasteiger partial charge in [-0.3, -0.25) is 0 Å². The van der Waals surface area contributed by atoms with E-state index in [9.17, 15) is 0 Å². The van der Waals surface area contributed by atoms with Gasteiger partial charge < -0.3 is 16.3 Å². The summed E-state index contributed by atoms with van der Waals surface area (Å²) in [5, 5.41) is 14.7. The van der Waals surface area contributed by atoms with Gasteiger partial charge in [0.05, 0.1) is 0 Å². The number of nitrogens with zero attached hydrogens (tertiary/aromatic N) is 1. The molecule has 4 N–H and O–H groups in total. The van der Waals surface area contributed by atoms with Crippen LogP contribution in [0.15, 0.2) is 16.8 Å². The van der Waals surface area contributed by atoms with E-state index in [1.807, 2.05) is 6.92 Å². The number of rotatable bonds is 5. The average molecular weight is 192 g/mol. The van der Waals surface area contributed by atoms with Gasteiger partial charge in [0.25, 0.3) is 0 Å². The first-order valence-electron chi connectivity index (χ1n) is 3.59. The monoisotopic (exact) mass is 191 g/mol. The van der Waals surface area contributed by atoms with Crippen molar-refractivity contribution in [1.82, 2.24) is 5.32 Å². The molecule has 0 aliphatic rings. The number of hydrogen-bond acceptors (Lipinski definition) is 3. The molecule has 0 fully saturated rings. The Labute approximate surface area is 77.1 Å². The Morgan fingerprint density at radius 3 is 2.83 bits per heavy atom. The molecule has 0 bridgehead atoms. The SMILES string of the molecule is C=C(Cl)CNC(C)CC(N)=NO. The van der Waals surface area contributed by atoms with Crippen molar-refractivity contribution in [3.8, 4) is 0 Å². The van der Waals surface area contributed by atoms with Crippen molar-refractivity contribution < 1.29 is 5.21 Å². The quantitative estimate of drug-likeness (QED) is 0.261. The first kappa shape index (κ1) is 11.3. The van der Waals surface area contributed by atoms with E-state index in [4.69, 9.17) is 22.5 Å². The Morgan fingerprint density at radius 1 is 1.83 bits per heavy atom. The number of nitrogens with one attached hydrogen (secondary N) is 1. The van der Waals surface area contributed by atoms with E-state index < -0.39 is 0 Å². The summed E-state index contributed by atoms with van der Waals surface area (Å²) in [6.45, 7) is 5.96. The van der Waals surface area contributed by atoms with E-state index in [-0.39, 0.29) is 11.9 Å². The fourth-order valence-electron chi connectivity index (χ4n) is 0.712. The van der Waals surface area contributed by atoms with Crippen molar-refractivity contribution in [2.24, 2.45) is 10.9 Å². The summed E-state index contributed by atoms with van der Waals surface area (Å²) in [5.74, 6) is 0.204. The van der Waals surface area contributed by atoms with Gasteiger partial charge >= 0.3 is 0 Å². The van der Waals surface area contributed by atoms with Crippen molar-refractivity contribution in [2.75, 3.05) is 6.54 Å². The highest BCUT2D eigenvalue weighted by molar-refractivity contribution is 6.29. The number of nitrogens with two attached hydrogens (primary N) is 1. The maximum atomic E-state index is 8.25. The van der Waals surface area contributed by atoms with Crippen molar-refractivity contribution in [3.63, 3.8) is 0 Å². The summed E-state index contributed by atoms with van der Waals surface area (Å²) < 4.78 is 0. The molecule has 0 aliphatic heterocycles. The van der Waals surface area contributed by atoms with Crippen LogP contribution in [0.2, 0.25) is 0 Å². The second kappa shape index (κ2) is 5.85. The lowest BCUT2D eigenvalue weighted by atomic mass is 10.2. The molecule has 0 radical (unpaired) electrons. The Morgan fingerprint density at radius 2 is 2.42 bits per heavy atom. The normalized spacial score (nSPS) is 14.3. The van der Waals surface area contributed by atoms with Gasteiger partial charge in [0, 0.05) is 24.0 Å². The summed E-state index contributed by atoms with van der Waals surface area (Å²) >= 11 is 5.52. The van der Waals surface area contributed by atoms with Crippen LogP contribution in [0.25, 0.3) is 0 Å². The topological polar surface area (TPSA) is 70.6 Å². The third kappa shape index (κ3) is 6.00. The maximum absolute atomic E-state index is 8.25. The molecule has 0 aromatic carbocycles. The van der Waals surface area contributed by atoms with Crippen LogP contribution in [-0.4, -0.2) is 23.6 Å². The Kier molecular flexibility index (Phi) is 5.49. The van der Waals surface area contributed by atoms with E-state index in [0.717, 1.165) is 0 Å². The predicted octanol–water partition coefficient (Wildman–Crippen LogP) is 0.854. The molecule has 0 spiro atoms. The van der Waals surface area contributed by atoms with Crippen molar-refractivity contribution >= 4 is 17.4 Å². The molecule has 0 saturated heterocycles. The molecule has 70 valence electrons. The number of halogens is 1. The molecule has 0 heterocycles. The summed E-state index contributed by atoms with van der Waals surface area (Å²) in [5.41, 5.74) is 5.28. The summed E-state index contributed by atoms with van der Waals surface area (Å²) in [4.78, 5) is 0. The van der Waals surface area contributed by atoms with Gasteiger partial charge in [-0.05, 0) is 6.92 Å². The van der Waals surface area contributed by atoms with Crippen molar-refractivity contribution in [3.05, 3.63) is 11.6 Å². The zero-order chi connectivity index (χ0) is 9.56. The Bertz CT molecular complexity index is 181. The zero-order valence-electron chi connectivity index (χ0n) is 7.05. The molecular weight excluding hydrogens is 178 g/mol. The lowest BCUT2D eigenvalue weighted by Gasteiger charge is -2.11. The van der Waals surface area contributed by atoms with Crippen LogP contribution >= 0.6 is 11.6 Å². The highest BCUT2D eigenvalue weighted by Crippen LogP contribution is 1.96. The molecule has 4 nitrogen and oxygen atoms in total. The Balaban J connectivity index is 3.59. The predicted molar refractivity (Wildman–Crippen MR) is 50.5 cm³/mol. The lowest BCUT2D eigenvalue weighted by Crippen LogP contribution is -2.31. The maximum Gasteiger partial charge on any atom is 0.140 e. The van der Waals surface area contributed by atoms with Gasteiger partial charge in [0.2, 0.25) is 0 Å². The van der Waals surface area contributed by atoms with Gasteiger partial charge in [0.1, 0.15) is 5.84 Å². The molecule has 0 amide bonds. The van der Waals surface area contributed by atoms with Crippen LogP contribution < -0.4 is 11.1 Å². The minimum absolute atomic E-state index is 0.122.